The number of nitriles is 1. The van der Waals surface area contributed by atoms with Gasteiger partial charge in [-0.3, -0.25) is 5.10 Å². The lowest BCUT2D eigenvalue weighted by molar-refractivity contribution is 0.594. The van der Waals surface area contributed by atoms with E-state index in [-0.39, 0.29) is 5.25 Å². The first-order valence-electron chi connectivity index (χ1n) is 9.12. The maximum atomic E-state index is 12.6. The van der Waals surface area contributed by atoms with Gasteiger partial charge in [0.25, 0.3) is 0 Å². The molecule has 2 aliphatic carbocycles. The number of nitrogens with one attached hydrogen (secondary N) is 1. The fraction of sp³-hybridized carbons (Fsp3) is 0.350. The van der Waals surface area contributed by atoms with Gasteiger partial charge in [0, 0.05) is 22.6 Å². The van der Waals surface area contributed by atoms with E-state index in [1.165, 1.54) is 0 Å². The number of rotatable bonds is 4. The molecule has 0 spiro atoms. The zero-order chi connectivity index (χ0) is 18.8. The highest BCUT2D eigenvalue weighted by molar-refractivity contribution is 7.92. The zero-order valence-electron chi connectivity index (χ0n) is 14.9. The molecule has 1 N–H and O–H groups in total. The van der Waals surface area contributed by atoms with E-state index in [9.17, 15) is 13.7 Å². The first-order valence-corrected chi connectivity index (χ1v) is 10.7. The minimum absolute atomic E-state index is 0.239. The summed E-state index contributed by atoms with van der Waals surface area (Å²) in [5.41, 5.74) is 4.37. The summed E-state index contributed by atoms with van der Waals surface area (Å²) in [7, 11) is -3.25. The molecule has 0 atom stereocenters. The van der Waals surface area contributed by atoms with Crippen LogP contribution in [0.4, 0.5) is 0 Å². The number of pyridine rings is 1. The largest absolute Gasteiger partial charge is 0.281 e. The third-order valence-corrected chi connectivity index (χ3v) is 7.87. The zero-order valence-corrected chi connectivity index (χ0v) is 15.7. The number of aromatic nitrogens is 3. The molecule has 2 heterocycles. The molecule has 136 valence electrons. The lowest BCUT2D eigenvalue weighted by Gasteiger charge is -2.11. The van der Waals surface area contributed by atoms with Crippen molar-refractivity contribution in [1.82, 2.24) is 15.2 Å². The number of benzene rings is 1. The van der Waals surface area contributed by atoms with Crippen LogP contribution in [-0.4, -0.2) is 28.8 Å². The molecular weight excluding hydrogens is 360 g/mol. The number of aryl methyl sites for hydroxylation is 1. The predicted molar refractivity (Wildman–Crippen MR) is 101 cm³/mol. The van der Waals surface area contributed by atoms with Gasteiger partial charge in [0.1, 0.15) is 17.3 Å². The smallest absolute Gasteiger partial charge is 0.181 e. The van der Waals surface area contributed by atoms with E-state index in [2.05, 4.69) is 21.3 Å². The van der Waals surface area contributed by atoms with Gasteiger partial charge in [-0.25, -0.2) is 13.4 Å². The van der Waals surface area contributed by atoms with E-state index < -0.39 is 9.84 Å². The van der Waals surface area contributed by atoms with Crippen molar-refractivity contribution >= 4 is 20.7 Å². The Morgan fingerprint density at radius 1 is 1.22 bits per heavy atom. The van der Waals surface area contributed by atoms with Gasteiger partial charge in [0.05, 0.1) is 16.3 Å². The van der Waals surface area contributed by atoms with Crippen LogP contribution < -0.4 is 0 Å². The molecule has 3 aromatic rings. The average molecular weight is 378 g/mol. The molecule has 2 aromatic heterocycles. The lowest BCUT2D eigenvalue weighted by atomic mass is 9.96. The quantitative estimate of drug-likeness (QED) is 0.747. The van der Waals surface area contributed by atoms with Crippen molar-refractivity contribution in [3.05, 3.63) is 41.3 Å². The molecule has 0 saturated heterocycles. The van der Waals surface area contributed by atoms with Crippen LogP contribution in [0.5, 0.6) is 0 Å². The summed E-state index contributed by atoms with van der Waals surface area (Å²) in [6.45, 7) is 1.82. The molecule has 1 aromatic carbocycles. The Kier molecular flexibility index (Phi) is 3.43. The topological polar surface area (TPSA) is 99.5 Å². The highest BCUT2D eigenvalue weighted by Gasteiger charge is 2.37. The fourth-order valence-electron chi connectivity index (χ4n) is 3.75. The second-order valence-electron chi connectivity index (χ2n) is 7.49. The Morgan fingerprint density at radius 3 is 2.63 bits per heavy atom. The highest BCUT2D eigenvalue weighted by Crippen LogP contribution is 2.45. The third-order valence-electron chi connectivity index (χ3n) is 5.45. The normalized spacial score (nSPS) is 17.2. The number of sulfone groups is 1. The summed E-state index contributed by atoms with van der Waals surface area (Å²) in [5, 5.41) is 17.8. The van der Waals surface area contributed by atoms with Gasteiger partial charge in [0.15, 0.2) is 9.84 Å². The molecular formula is C20H18N4O2S. The Balaban J connectivity index is 1.73. The van der Waals surface area contributed by atoms with Gasteiger partial charge in [-0.1, -0.05) is 12.1 Å². The Bertz CT molecular complexity index is 1230. The molecule has 5 rings (SSSR count). The van der Waals surface area contributed by atoms with Crippen LogP contribution in [-0.2, 0) is 9.84 Å². The predicted octanol–water partition coefficient (Wildman–Crippen LogP) is 3.62. The Hall–Kier alpha value is -2.72. The van der Waals surface area contributed by atoms with Crippen molar-refractivity contribution in [3.63, 3.8) is 0 Å². The molecule has 0 unspecified atom stereocenters. The van der Waals surface area contributed by atoms with Crippen molar-refractivity contribution in [2.75, 3.05) is 0 Å². The lowest BCUT2D eigenvalue weighted by Crippen LogP contribution is -2.09. The summed E-state index contributed by atoms with van der Waals surface area (Å²) < 4.78 is 25.3. The van der Waals surface area contributed by atoms with Crippen LogP contribution in [0.25, 0.3) is 22.0 Å². The van der Waals surface area contributed by atoms with Crippen LogP contribution in [0.2, 0.25) is 0 Å². The first kappa shape index (κ1) is 16.5. The van der Waals surface area contributed by atoms with Crippen LogP contribution in [0, 0.1) is 18.3 Å². The number of nitrogens with zero attached hydrogens (tertiary/aromatic N) is 3. The monoisotopic (exact) mass is 378 g/mol. The maximum Gasteiger partial charge on any atom is 0.181 e. The molecule has 2 fully saturated rings. The van der Waals surface area contributed by atoms with Crippen molar-refractivity contribution in [2.45, 2.75) is 48.7 Å². The van der Waals surface area contributed by atoms with Crippen molar-refractivity contribution in [1.29, 1.82) is 5.26 Å². The first-order chi connectivity index (χ1) is 13.0. The molecule has 6 nitrogen and oxygen atoms in total. The molecule has 0 aliphatic heterocycles. The fourth-order valence-corrected chi connectivity index (χ4v) is 5.63. The van der Waals surface area contributed by atoms with Crippen LogP contribution in [0.15, 0.2) is 29.3 Å². The van der Waals surface area contributed by atoms with Gasteiger partial charge in [-0.2, -0.15) is 10.4 Å². The Labute approximate surface area is 157 Å². The molecule has 0 radical (unpaired) electrons. The minimum Gasteiger partial charge on any atom is -0.281 e. The number of fused-ring (bicyclic) bond motifs is 1. The van der Waals surface area contributed by atoms with Crippen LogP contribution in [0.3, 0.4) is 0 Å². The molecule has 7 heteroatoms. The maximum absolute atomic E-state index is 12.6. The van der Waals surface area contributed by atoms with Gasteiger partial charge in [-0.15, -0.1) is 0 Å². The summed E-state index contributed by atoms with van der Waals surface area (Å²) in [5.74, 6) is 0.443. The van der Waals surface area contributed by atoms with Crippen molar-refractivity contribution in [3.8, 4) is 17.2 Å². The second kappa shape index (κ2) is 5.64. The van der Waals surface area contributed by atoms with Gasteiger partial charge >= 0.3 is 0 Å². The van der Waals surface area contributed by atoms with Crippen molar-refractivity contribution in [2.24, 2.45) is 0 Å². The number of H-pyrrole nitrogens is 1. The van der Waals surface area contributed by atoms with E-state index >= 15 is 0 Å². The van der Waals surface area contributed by atoms with E-state index in [0.29, 0.717) is 22.1 Å². The SMILES string of the molecule is Cc1cc(-c2c(C#N)ncc3n[nH]c(C4CC4)c23)ccc1S(=O)(=O)C1CC1. The highest BCUT2D eigenvalue weighted by atomic mass is 32.2. The molecule has 0 bridgehead atoms. The summed E-state index contributed by atoms with van der Waals surface area (Å²) in [6.07, 6.45) is 5.33. The van der Waals surface area contributed by atoms with Crippen molar-refractivity contribution < 1.29 is 8.42 Å². The average Bonchev–Trinajstić information content (AvgIpc) is 3.57. The summed E-state index contributed by atoms with van der Waals surface area (Å²) >= 11 is 0. The molecule has 2 saturated carbocycles. The van der Waals surface area contributed by atoms with E-state index in [1.807, 2.05) is 13.0 Å². The standard InChI is InChI=1S/C20H18N4O2S/c1-11-8-13(4-7-17(11)27(25,26)14-5-6-14)18-15(9-21)22-10-16-19(18)20(24-23-16)12-2-3-12/h4,7-8,10,12,14H,2-3,5-6H2,1H3,(H,23,24). The number of hydrogen-bond acceptors (Lipinski definition) is 5. The minimum atomic E-state index is -3.25. The summed E-state index contributed by atoms with van der Waals surface area (Å²) in [4.78, 5) is 4.66. The molecule has 27 heavy (non-hydrogen) atoms. The second-order valence-corrected chi connectivity index (χ2v) is 9.69. The number of aromatic amines is 1. The van der Waals surface area contributed by atoms with Crippen LogP contribution >= 0.6 is 0 Å². The molecule has 0 amide bonds. The van der Waals surface area contributed by atoms with Crippen LogP contribution in [0.1, 0.15) is 48.6 Å². The van der Waals surface area contributed by atoms with E-state index in [1.54, 1.807) is 18.3 Å². The van der Waals surface area contributed by atoms with E-state index in [4.69, 9.17) is 0 Å². The Morgan fingerprint density at radius 2 is 2.00 bits per heavy atom. The summed E-state index contributed by atoms with van der Waals surface area (Å²) in [6, 6.07) is 7.51. The van der Waals surface area contributed by atoms with Gasteiger partial charge in [0.2, 0.25) is 0 Å². The third kappa shape index (κ3) is 2.55. The van der Waals surface area contributed by atoms with E-state index in [0.717, 1.165) is 53.4 Å². The number of hydrogen-bond donors (Lipinski definition) is 1. The molecule has 2 aliphatic rings. The van der Waals surface area contributed by atoms with Gasteiger partial charge < -0.3 is 0 Å². The van der Waals surface area contributed by atoms with Gasteiger partial charge in [-0.05, 0) is 49.8 Å².